The Kier molecular flexibility index (Phi) is 4.40. The maximum absolute atomic E-state index is 13.5. The molecule has 8 heteroatoms. The Hall–Kier alpha value is -3.55. The highest BCUT2D eigenvalue weighted by Gasteiger charge is 2.70. The predicted octanol–water partition coefficient (Wildman–Crippen LogP) is 2.89. The van der Waals surface area contributed by atoms with Gasteiger partial charge in [-0.05, 0) is 48.7 Å². The summed E-state index contributed by atoms with van der Waals surface area (Å²) in [5.41, 5.74) is 2.20. The van der Waals surface area contributed by atoms with Crippen molar-refractivity contribution in [1.29, 1.82) is 0 Å². The van der Waals surface area contributed by atoms with E-state index < -0.39 is 0 Å². The van der Waals surface area contributed by atoms with Crippen LogP contribution < -0.4 is 19.1 Å². The van der Waals surface area contributed by atoms with Gasteiger partial charge < -0.3 is 19.0 Å². The number of amides is 2. The number of hydrogen-bond donors (Lipinski definition) is 0. The average Bonchev–Trinajstić information content (AvgIpc) is 3.59. The molecule has 2 amide bonds. The number of fused-ring (bicyclic) bond motifs is 8. The predicted molar refractivity (Wildman–Crippen MR) is 119 cm³/mol. The number of nitrogens with zero attached hydrogens (tertiary/aromatic N) is 2. The summed E-state index contributed by atoms with van der Waals surface area (Å²) in [6.45, 7) is 0. The molecule has 0 radical (unpaired) electrons. The summed E-state index contributed by atoms with van der Waals surface area (Å²) in [4.78, 5) is 34.2. The standard InChI is InChI=1S/C25H24N2O6/c1-30-13-6-4-12(5-7-13)27-24(28)19-16-11-17(20(19)25(27)29)23-21(16)22(26-33-23)15-9-8-14(31-2)10-18(15)32-3/h4-10,16-17,19-21,23H,11H2,1-3H3/t16-,17+,19+,20+,21+,23-/m1/s1. The Labute approximate surface area is 191 Å². The molecule has 33 heavy (non-hydrogen) atoms. The quantitative estimate of drug-likeness (QED) is 0.654. The van der Waals surface area contributed by atoms with Gasteiger partial charge >= 0.3 is 0 Å². The normalized spacial score (nSPS) is 31.2. The SMILES string of the molecule is COc1ccc(N2C(=O)[C@H]3[C@@H]4C[C@@H]([C@H]5C(c6ccc(OC)cc6OC)=NO[C@H]45)[C@@H]3C2=O)cc1. The molecule has 4 aliphatic rings. The smallest absolute Gasteiger partial charge is 0.238 e. The topological polar surface area (TPSA) is 86.7 Å². The summed E-state index contributed by atoms with van der Waals surface area (Å²) < 4.78 is 16.1. The summed E-state index contributed by atoms with van der Waals surface area (Å²) in [6.07, 6.45) is 0.585. The van der Waals surface area contributed by atoms with Crippen molar-refractivity contribution in [3.05, 3.63) is 48.0 Å². The molecule has 3 fully saturated rings. The molecule has 2 bridgehead atoms. The van der Waals surface area contributed by atoms with E-state index in [2.05, 4.69) is 5.16 Å². The first-order valence-corrected chi connectivity index (χ1v) is 11.0. The van der Waals surface area contributed by atoms with Gasteiger partial charge in [0.05, 0.1) is 44.6 Å². The molecule has 2 saturated carbocycles. The summed E-state index contributed by atoms with van der Waals surface area (Å²) in [7, 11) is 4.79. The van der Waals surface area contributed by atoms with Crippen molar-refractivity contribution >= 4 is 23.2 Å². The highest BCUT2D eigenvalue weighted by molar-refractivity contribution is 6.23. The van der Waals surface area contributed by atoms with E-state index in [1.807, 2.05) is 18.2 Å². The fraction of sp³-hybridized carbons (Fsp3) is 0.400. The van der Waals surface area contributed by atoms with Crippen LogP contribution >= 0.6 is 0 Å². The van der Waals surface area contributed by atoms with Gasteiger partial charge in [0, 0.05) is 23.5 Å². The third-order valence-electron chi connectivity index (χ3n) is 7.71. The Bertz CT molecular complexity index is 1180. The van der Waals surface area contributed by atoms with Gasteiger partial charge in [-0.3, -0.25) is 14.5 Å². The Morgan fingerprint density at radius 3 is 2.18 bits per heavy atom. The first-order valence-electron chi connectivity index (χ1n) is 11.0. The molecule has 6 atom stereocenters. The maximum Gasteiger partial charge on any atom is 0.238 e. The van der Waals surface area contributed by atoms with Gasteiger partial charge in [0.2, 0.25) is 11.8 Å². The molecule has 170 valence electrons. The van der Waals surface area contributed by atoms with E-state index in [-0.39, 0.29) is 47.5 Å². The maximum atomic E-state index is 13.5. The average molecular weight is 448 g/mol. The van der Waals surface area contributed by atoms with Crippen LogP contribution in [0.3, 0.4) is 0 Å². The molecule has 0 unspecified atom stereocenters. The van der Waals surface area contributed by atoms with E-state index in [0.29, 0.717) is 22.9 Å². The molecule has 2 aromatic carbocycles. The number of hydrogen-bond acceptors (Lipinski definition) is 7. The van der Waals surface area contributed by atoms with Crippen molar-refractivity contribution in [3.63, 3.8) is 0 Å². The minimum Gasteiger partial charge on any atom is -0.497 e. The molecular formula is C25H24N2O6. The van der Waals surface area contributed by atoms with E-state index >= 15 is 0 Å². The number of carbonyl (C=O) groups excluding carboxylic acids is 2. The Balaban J connectivity index is 1.33. The molecule has 1 saturated heterocycles. The highest BCUT2D eigenvalue weighted by Crippen LogP contribution is 2.62. The van der Waals surface area contributed by atoms with Gasteiger partial charge in [-0.15, -0.1) is 0 Å². The minimum atomic E-state index is -0.363. The minimum absolute atomic E-state index is 0.00208. The summed E-state index contributed by atoms with van der Waals surface area (Å²) in [6, 6.07) is 12.6. The molecule has 2 aliphatic carbocycles. The monoisotopic (exact) mass is 448 g/mol. The number of benzene rings is 2. The van der Waals surface area contributed by atoms with Crippen LogP contribution in [0, 0.1) is 29.6 Å². The molecular weight excluding hydrogens is 424 g/mol. The second-order valence-electron chi connectivity index (χ2n) is 8.96. The molecule has 0 N–H and O–H groups in total. The van der Waals surface area contributed by atoms with E-state index in [9.17, 15) is 9.59 Å². The van der Waals surface area contributed by atoms with Crippen molar-refractivity contribution in [3.8, 4) is 17.2 Å². The summed E-state index contributed by atoms with van der Waals surface area (Å²) >= 11 is 0. The van der Waals surface area contributed by atoms with Gasteiger partial charge in [0.1, 0.15) is 23.4 Å². The molecule has 0 spiro atoms. The number of ether oxygens (including phenoxy) is 3. The zero-order chi connectivity index (χ0) is 22.9. The van der Waals surface area contributed by atoms with Crippen molar-refractivity contribution in [2.75, 3.05) is 26.2 Å². The van der Waals surface area contributed by atoms with Crippen LogP contribution in [0.25, 0.3) is 0 Å². The van der Waals surface area contributed by atoms with Crippen LogP contribution in [-0.4, -0.2) is 45.0 Å². The van der Waals surface area contributed by atoms with Gasteiger partial charge in [0.15, 0.2) is 0 Å². The second-order valence-corrected chi connectivity index (χ2v) is 8.96. The fourth-order valence-electron chi connectivity index (χ4n) is 6.34. The lowest BCUT2D eigenvalue weighted by Crippen LogP contribution is -2.41. The van der Waals surface area contributed by atoms with E-state index in [1.54, 1.807) is 45.6 Å². The lowest BCUT2D eigenvalue weighted by atomic mass is 9.71. The van der Waals surface area contributed by atoms with Crippen LogP contribution in [0.4, 0.5) is 5.69 Å². The Morgan fingerprint density at radius 1 is 0.848 bits per heavy atom. The second kappa shape index (κ2) is 7.23. The van der Waals surface area contributed by atoms with E-state index in [1.165, 1.54) is 4.90 Å². The number of methoxy groups -OCH3 is 3. The molecule has 2 aliphatic heterocycles. The number of carbonyl (C=O) groups is 2. The molecule has 8 nitrogen and oxygen atoms in total. The van der Waals surface area contributed by atoms with Crippen LogP contribution in [0.15, 0.2) is 47.6 Å². The third kappa shape index (κ3) is 2.66. The molecule has 0 aromatic heterocycles. The number of anilines is 1. The zero-order valence-electron chi connectivity index (χ0n) is 18.6. The van der Waals surface area contributed by atoms with Crippen LogP contribution in [0.5, 0.6) is 17.2 Å². The van der Waals surface area contributed by atoms with Crippen molar-refractivity contribution in [1.82, 2.24) is 0 Å². The lowest BCUT2D eigenvalue weighted by molar-refractivity contribution is -0.125. The van der Waals surface area contributed by atoms with Crippen LogP contribution in [0.2, 0.25) is 0 Å². The largest absolute Gasteiger partial charge is 0.497 e. The first-order chi connectivity index (χ1) is 16.1. The fourth-order valence-corrected chi connectivity index (χ4v) is 6.34. The van der Waals surface area contributed by atoms with Gasteiger partial charge in [0.25, 0.3) is 0 Å². The van der Waals surface area contributed by atoms with Crippen LogP contribution in [0.1, 0.15) is 12.0 Å². The third-order valence-corrected chi connectivity index (χ3v) is 7.71. The van der Waals surface area contributed by atoms with Gasteiger partial charge in [-0.1, -0.05) is 5.16 Å². The number of imide groups is 1. The van der Waals surface area contributed by atoms with E-state index in [0.717, 1.165) is 17.7 Å². The van der Waals surface area contributed by atoms with Crippen molar-refractivity contribution in [2.45, 2.75) is 12.5 Å². The van der Waals surface area contributed by atoms with Crippen LogP contribution in [-0.2, 0) is 14.4 Å². The molecule has 2 aromatic rings. The van der Waals surface area contributed by atoms with Crippen molar-refractivity contribution < 1.29 is 28.6 Å². The first kappa shape index (κ1) is 20.1. The Morgan fingerprint density at radius 2 is 1.52 bits per heavy atom. The van der Waals surface area contributed by atoms with E-state index in [4.69, 9.17) is 19.0 Å². The summed E-state index contributed by atoms with van der Waals surface area (Å²) in [5, 5.41) is 4.41. The number of rotatable bonds is 5. The summed E-state index contributed by atoms with van der Waals surface area (Å²) in [5.74, 6) is 0.931. The number of oxime groups is 1. The van der Waals surface area contributed by atoms with Gasteiger partial charge in [-0.25, -0.2) is 0 Å². The van der Waals surface area contributed by atoms with Crippen molar-refractivity contribution in [2.24, 2.45) is 34.7 Å². The van der Waals surface area contributed by atoms with Gasteiger partial charge in [-0.2, -0.15) is 0 Å². The lowest BCUT2D eigenvalue weighted by Gasteiger charge is -2.30. The highest BCUT2D eigenvalue weighted by atomic mass is 16.6. The molecule has 2 heterocycles. The molecule has 6 rings (SSSR count). The zero-order valence-corrected chi connectivity index (χ0v) is 18.6.